The van der Waals surface area contributed by atoms with Crippen molar-refractivity contribution < 1.29 is 22.4 Å². The molecular weight excluding hydrogens is 429 g/mol. The summed E-state index contributed by atoms with van der Waals surface area (Å²) in [4.78, 5) is 25.7. The van der Waals surface area contributed by atoms with Crippen LogP contribution in [0.3, 0.4) is 0 Å². The van der Waals surface area contributed by atoms with Gasteiger partial charge < -0.3 is 11.1 Å². The van der Waals surface area contributed by atoms with Crippen molar-refractivity contribution in [3.63, 3.8) is 0 Å². The first kappa shape index (κ1) is 22.4. The standard InChI is InChI=1S/C20H24FN3O4S2/c1-3-15(24-30(27,28)13-7-5-12(21)6-8-13)19(26)23-20-17(18(22)25)14-9-4-11(2)10-16(14)29-20/h5-8,11,15,24H,3-4,9-10H2,1-2H3,(H2,22,25)(H,23,26). The second kappa shape index (κ2) is 8.83. The van der Waals surface area contributed by atoms with Crippen LogP contribution >= 0.6 is 11.3 Å². The minimum absolute atomic E-state index is 0.145. The molecule has 1 heterocycles. The van der Waals surface area contributed by atoms with Crippen molar-refractivity contribution in [3.8, 4) is 0 Å². The molecule has 0 spiro atoms. The maximum atomic E-state index is 13.1. The van der Waals surface area contributed by atoms with Gasteiger partial charge in [0.1, 0.15) is 16.9 Å². The summed E-state index contributed by atoms with van der Waals surface area (Å²) in [6, 6.07) is 3.25. The molecule has 7 nitrogen and oxygen atoms in total. The number of primary amides is 1. The Morgan fingerprint density at radius 2 is 1.97 bits per heavy atom. The maximum Gasteiger partial charge on any atom is 0.251 e. The van der Waals surface area contributed by atoms with Crippen molar-refractivity contribution in [2.75, 3.05) is 5.32 Å². The number of amides is 2. The van der Waals surface area contributed by atoms with E-state index in [1.165, 1.54) is 11.3 Å². The maximum absolute atomic E-state index is 13.1. The summed E-state index contributed by atoms with van der Waals surface area (Å²) in [5, 5.41) is 3.04. The topological polar surface area (TPSA) is 118 Å². The fourth-order valence-electron chi connectivity index (χ4n) is 3.49. The van der Waals surface area contributed by atoms with Crippen LogP contribution in [0.5, 0.6) is 0 Å². The van der Waals surface area contributed by atoms with E-state index < -0.39 is 33.7 Å². The van der Waals surface area contributed by atoms with E-state index in [0.29, 0.717) is 16.5 Å². The minimum atomic E-state index is -4.03. The van der Waals surface area contributed by atoms with E-state index in [4.69, 9.17) is 5.73 Å². The van der Waals surface area contributed by atoms with Crippen molar-refractivity contribution in [1.29, 1.82) is 0 Å². The third-order valence-corrected chi connectivity index (χ3v) is 7.80. The quantitative estimate of drug-likeness (QED) is 0.597. The molecule has 1 aliphatic rings. The number of anilines is 1. The highest BCUT2D eigenvalue weighted by molar-refractivity contribution is 7.89. The molecule has 162 valence electrons. The van der Waals surface area contributed by atoms with Gasteiger partial charge in [-0.2, -0.15) is 4.72 Å². The number of rotatable bonds is 7. The number of hydrogen-bond donors (Lipinski definition) is 3. The van der Waals surface area contributed by atoms with Crippen LogP contribution in [-0.2, 0) is 27.7 Å². The Hall–Kier alpha value is -2.30. The lowest BCUT2D eigenvalue weighted by Gasteiger charge is -2.18. The van der Waals surface area contributed by atoms with Crippen molar-refractivity contribution >= 4 is 38.2 Å². The smallest absolute Gasteiger partial charge is 0.251 e. The van der Waals surface area contributed by atoms with E-state index in [2.05, 4.69) is 17.0 Å². The number of sulfonamides is 1. The van der Waals surface area contributed by atoms with Crippen molar-refractivity contribution in [3.05, 3.63) is 46.1 Å². The first-order chi connectivity index (χ1) is 14.1. The Balaban J connectivity index is 1.82. The third kappa shape index (κ3) is 4.71. The number of nitrogens with two attached hydrogens (primary N) is 1. The molecule has 1 aromatic carbocycles. The Morgan fingerprint density at radius 1 is 1.30 bits per heavy atom. The molecule has 4 N–H and O–H groups in total. The summed E-state index contributed by atoms with van der Waals surface area (Å²) in [6.07, 6.45) is 2.65. The molecule has 2 aromatic rings. The average Bonchev–Trinajstić information content (AvgIpc) is 3.03. The van der Waals surface area contributed by atoms with Crippen molar-refractivity contribution in [1.82, 2.24) is 4.72 Å². The molecule has 0 bridgehead atoms. The summed E-state index contributed by atoms with van der Waals surface area (Å²) in [6.45, 7) is 3.79. The van der Waals surface area contributed by atoms with Gasteiger partial charge in [0, 0.05) is 4.88 Å². The Labute approximate surface area is 178 Å². The molecule has 0 radical (unpaired) electrons. The number of thiophene rings is 1. The predicted octanol–water partition coefficient (Wildman–Crippen LogP) is 2.81. The van der Waals surface area contributed by atoms with E-state index >= 15 is 0 Å². The fourth-order valence-corrected chi connectivity index (χ4v) is 6.19. The van der Waals surface area contributed by atoms with Crippen LogP contribution in [0.4, 0.5) is 9.39 Å². The van der Waals surface area contributed by atoms with Crippen LogP contribution < -0.4 is 15.8 Å². The van der Waals surface area contributed by atoms with E-state index in [0.717, 1.165) is 54.0 Å². The molecule has 0 aliphatic heterocycles. The van der Waals surface area contributed by atoms with Crippen LogP contribution in [0, 0.1) is 11.7 Å². The highest BCUT2D eigenvalue weighted by Gasteiger charge is 2.30. The molecule has 0 saturated carbocycles. The first-order valence-corrected chi connectivity index (χ1v) is 12.0. The zero-order chi connectivity index (χ0) is 22.1. The van der Waals surface area contributed by atoms with Crippen LogP contribution in [-0.4, -0.2) is 26.3 Å². The zero-order valence-corrected chi connectivity index (χ0v) is 18.3. The van der Waals surface area contributed by atoms with Crippen LogP contribution in [0.15, 0.2) is 29.2 Å². The molecule has 2 atom stereocenters. The Kier molecular flexibility index (Phi) is 6.59. The van der Waals surface area contributed by atoms with Gasteiger partial charge in [0.25, 0.3) is 5.91 Å². The van der Waals surface area contributed by atoms with Gasteiger partial charge in [-0.1, -0.05) is 13.8 Å². The number of carbonyl (C=O) groups excluding carboxylic acids is 2. The molecular formula is C20H24FN3O4S2. The van der Waals surface area contributed by atoms with Gasteiger partial charge in [-0.25, -0.2) is 12.8 Å². The highest BCUT2D eigenvalue weighted by atomic mass is 32.2. The van der Waals surface area contributed by atoms with Crippen LogP contribution in [0.25, 0.3) is 0 Å². The Morgan fingerprint density at radius 3 is 2.57 bits per heavy atom. The van der Waals surface area contributed by atoms with E-state index in [1.54, 1.807) is 6.92 Å². The van der Waals surface area contributed by atoms with Gasteiger partial charge in [0.05, 0.1) is 10.5 Å². The van der Waals surface area contributed by atoms with Crippen molar-refractivity contribution in [2.45, 2.75) is 50.5 Å². The lowest BCUT2D eigenvalue weighted by Crippen LogP contribution is -2.43. The molecule has 30 heavy (non-hydrogen) atoms. The van der Waals surface area contributed by atoms with Gasteiger partial charge in [-0.3, -0.25) is 9.59 Å². The number of nitrogens with one attached hydrogen (secondary N) is 2. The number of carbonyl (C=O) groups is 2. The minimum Gasteiger partial charge on any atom is -0.365 e. The van der Waals surface area contributed by atoms with Gasteiger partial charge in [-0.15, -0.1) is 11.3 Å². The summed E-state index contributed by atoms with van der Waals surface area (Å²) in [5.41, 5.74) is 6.75. The summed E-state index contributed by atoms with van der Waals surface area (Å²) >= 11 is 1.31. The van der Waals surface area contributed by atoms with Gasteiger partial charge in [-0.05, 0) is 61.4 Å². The fraction of sp³-hybridized carbons (Fsp3) is 0.400. The van der Waals surface area contributed by atoms with Gasteiger partial charge >= 0.3 is 0 Å². The highest BCUT2D eigenvalue weighted by Crippen LogP contribution is 2.39. The molecule has 0 saturated heterocycles. The van der Waals surface area contributed by atoms with E-state index in [1.807, 2.05) is 0 Å². The van der Waals surface area contributed by atoms with E-state index in [-0.39, 0.29) is 11.3 Å². The summed E-state index contributed by atoms with van der Waals surface area (Å²) < 4.78 is 40.5. The lowest BCUT2D eigenvalue weighted by molar-refractivity contribution is -0.117. The zero-order valence-electron chi connectivity index (χ0n) is 16.7. The average molecular weight is 454 g/mol. The summed E-state index contributed by atoms with van der Waals surface area (Å²) in [5.74, 6) is -1.28. The molecule has 1 aliphatic carbocycles. The monoisotopic (exact) mass is 453 g/mol. The van der Waals surface area contributed by atoms with Gasteiger partial charge in [0.15, 0.2) is 0 Å². The molecule has 0 fully saturated rings. The summed E-state index contributed by atoms with van der Waals surface area (Å²) in [7, 11) is -4.03. The van der Waals surface area contributed by atoms with Crippen LogP contribution in [0.1, 0.15) is 47.5 Å². The SMILES string of the molecule is CCC(NS(=O)(=O)c1ccc(F)cc1)C(=O)Nc1sc2c(c1C(N)=O)CCC(C)C2. The second-order valence-electron chi connectivity index (χ2n) is 7.45. The normalized spacial score (nSPS) is 17.2. The molecule has 3 rings (SSSR count). The van der Waals surface area contributed by atoms with Crippen molar-refractivity contribution in [2.24, 2.45) is 11.7 Å². The predicted molar refractivity (Wildman–Crippen MR) is 113 cm³/mol. The number of benzene rings is 1. The molecule has 2 unspecified atom stereocenters. The number of fused-ring (bicyclic) bond motifs is 1. The number of hydrogen-bond acceptors (Lipinski definition) is 5. The molecule has 2 amide bonds. The molecule has 10 heteroatoms. The number of halogens is 1. The molecule has 1 aromatic heterocycles. The first-order valence-electron chi connectivity index (χ1n) is 9.65. The van der Waals surface area contributed by atoms with Gasteiger partial charge in [0.2, 0.25) is 15.9 Å². The lowest BCUT2D eigenvalue weighted by atomic mass is 9.88. The third-order valence-electron chi connectivity index (χ3n) is 5.14. The second-order valence-corrected chi connectivity index (χ2v) is 10.3. The largest absolute Gasteiger partial charge is 0.365 e. The van der Waals surface area contributed by atoms with Crippen LogP contribution in [0.2, 0.25) is 0 Å². The Bertz CT molecular complexity index is 1060. The van der Waals surface area contributed by atoms with E-state index in [9.17, 15) is 22.4 Å².